The van der Waals surface area contributed by atoms with E-state index in [1.807, 2.05) is 13.0 Å². The van der Waals surface area contributed by atoms with E-state index in [1.165, 1.54) is 25.3 Å². The van der Waals surface area contributed by atoms with Crippen LogP contribution in [0.4, 0.5) is 11.4 Å². The fourth-order valence-corrected chi connectivity index (χ4v) is 2.09. The van der Waals surface area contributed by atoms with Crippen LogP contribution in [0.5, 0.6) is 5.88 Å². The van der Waals surface area contributed by atoms with Gasteiger partial charge in [-0.15, -0.1) is 0 Å². The van der Waals surface area contributed by atoms with Crippen molar-refractivity contribution < 1.29 is 19.2 Å². The molecule has 1 N–H and O–H groups in total. The molecule has 0 spiro atoms. The summed E-state index contributed by atoms with van der Waals surface area (Å²) in [7, 11) is 1.22. The molecule has 126 valence electrons. The molecule has 2 aromatic rings. The number of benzene rings is 1. The highest BCUT2D eigenvalue weighted by Crippen LogP contribution is 2.24. The highest BCUT2D eigenvalue weighted by Gasteiger charge is 2.17. The Morgan fingerprint density at radius 2 is 2.17 bits per heavy atom. The second-order valence-electron chi connectivity index (χ2n) is 4.73. The summed E-state index contributed by atoms with van der Waals surface area (Å²) < 4.78 is 10.1. The van der Waals surface area contributed by atoms with E-state index >= 15 is 0 Å². The molecule has 8 nitrogen and oxygen atoms in total. The number of non-ortho nitro benzene ring substituents is 1. The topological polar surface area (TPSA) is 104 Å². The van der Waals surface area contributed by atoms with Crippen molar-refractivity contribution in [3.63, 3.8) is 0 Å². The average Bonchev–Trinajstić information content (AvgIpc) is 2.60. The second-order valence-corrected chi connectivity index (χ2v) is 4.73. The Kier molecular flexibility index (Phi) is 5.67. The van der Waals surface area contributed by atoms with E-state index < -0.39 is 10.9 Å². The van der Waals surface area contributed by atoms with Gasteiger partial charge >= 0.3 is 5.97 Å². The highest BCUT2D eigenvalue weighted by molar-refractivity contribution is 5.96. The maximum atomic E-state index is 11.9. The predicted molar refractivity (Wildman–Crippen MR) is 87.2 cm³/mol. The van der Waals surface area contributed by atoms with E-state index in [2.05, 4.69) is 15.0 Å². The molecular weight excluding hydrogens is 314 g/mol. The first-order chi connectivity index (χ1) is 11.6. The lowest BCUT2D eigenvalue weighted by Gasteiger charge is -2.13. The summed E-state index contributed by atoms with van der Waals surface area (Å²) in [6, 6.07) is 7.59. The maximum absolute atomic E-state index is 11.9. The van der Waals surface area contributed by atoms with E-state index in [9.17, 15) is 14.9 Å². The van der Waals surface area contributed by atoms with Crippen LogP contribution in [0.2, 0.25) is 0 Å². The van der Waals surface area contributed by atoms with E-state index in [0.29, 0.717) is 24.7 Å². The van der Waals surface area contributed by atoms with Gasteiger partial charge in [0.2, 0.25) is 5.88 Å². The maximum Gasteiger partial charge on any atom is 0.340 e. The first kappa shape index (κ1) is 17.2. The van der Waals surface area contributed by atoms with Crippen molar-refractivity contribution in [1.29, 1.82) is 0 Å². The van der Waals surface area contributed by atoms with Crippen molar-refractivity contribution >= 4 is 17.3 Å². The molecule has 0 fully saturated rings. The van der Waals surface area contributed by atoms with Crippen LogP contribution in [0.15, 0.2) is 36.5 Å². The summed E-state index contributed by atoms with van der Waals surface area (Å²) >= 11 is 0. The molecule has 0 radical (unpaired) electrons. The molecule has 1 aromatic carbocycles. The lowest BCUT2D eigenvalue weighted by atomic mass is 10.1. The number of rotatable bonds is 7. The summed E-state index contributed by atoms with van der Waals surface area (Å²) in [5.41, 5.74) is 1.14. The molecule has 0 amide bonds. The monoisotopic (exact) mass is 331 g/mol. The van der Waals surface area contributed by atoms with E-state index in [0.717, 1.165) is 5.56 Å². The van der Waals surface area contributed by atoms with E-state index in [-0.39, 0.29) is 11.3 Å². The van der Waals surface area contributed by atoms with Gasteiger partial charge in [0.1, 0.15) is 0 Å². The highest BCUT2D eigenvalue weighted by atomic mass is 16.6. The van der Waals surface area contributed by atoms with Crippen molar-refractivity contribution in [2.75, 3.05) is 19.0 Å². The molecule has 0 bridgehead atoms. The molecule has 2 rings (SSSR count). The number of carbonyl (C=O) groups excluding carboxylic acids is 1. The van der Waals surface area contributed by atoms with Crippen LogP contribution < -0.4 is 10.1 Å². The molecule has 0 aliphatic rings. The Bertz CT molecular complexity index is 748. The lowest BCUT2D eigenvalue weighted by Crippen LogP contribution is -2.10. The Hall–Kier alpha value is -3.16. The van der Waals surface area contributed by atoms with Gasteiger partial charge in [0.15, 0.2) is 0 Å². The number of nitrogens with one attached hydrogen (secondary N) is 1. The van der Waals surface area contributed by atoms with Crippen LogP contribution in [-0.2, 0) is 11.3 Å². The summed E-state index contributed by atoms with van der Waals surface area (Å²) in [4.78, 5) is 26.3. The Balaban J connectivity index is 2.26. The first-order valence-corrected chi connectivity index (χ1v) is 7.24. The second kappa shape index (κ2) is 7.91. The molecule has 0 saturated heterocycles. The fourth-order valence-electron chi connectivity index (χ4n) is 2.09. The van der Waals surface area contributed by atoms with E-state index in [1.54, 1.807) is 12.3 Å². The summed E-state index contributed by atoms with van der Waals surface area (Å²) in [6.45, 7) is 2.68. The molecule has 1 heterocycles. The minimum absolute atomic E-state index is 0.0913. The molecule has 0 unspecified atom stereocenters. The minimum Gasteiger partial charge on any atom is -0.478 e. The number of nitro benzene ring substituents is 1. The molecule has 1 aromatic heterocycles. The van der Waals surface area contributed by atoms with E-state index in [4.69, 9.17) is 4.74 Å². The average molecular weight is 331 g/mol. The molecule has 8 heteroatoms. The largest absolute Gasteiger partial charge is 0.478 e. The third kappa shape index (κ3) is 3.97. The Labute approximate surface area is 138 Å². The lowest BCUT2D eigenvalue weighted by molar-refractivity contribution is -0.384. The smallest absolute Gasteiger partial charge is 0.340 e. The standard InChI is InChI=1S/C16H17N3O5/c1-3-24-15-11(5-4-8-17-15)10-18-14-7-6-12(19(21)22)9-13(14)16(20)23-2/h4-9,18H,3,10H2,1-2H3. The SMILES string of the molecule is CCOc1ncccc1CNc1ccc([N+](=O)[O-])cc1C(=O)OC. The third-order valence-corrected chi connectivity index (χ3v) is 3.22. The van der Waals surface area contributed by atoms with Crippen molar-refractivity contribution in [2.45, 2.75) is 13.5 Å². The number of nitro groups is 1. The van der Waals surface area contributed by atoms with Gasteiger partial charge in [-0.3, -0.25) is 10.1 Å². The number of nitrogens with zero attached hydrogens (tertiary/aromatic N) is 2. The van der Waals surface area contributed by atoms with Crippen LogP contribution in [0.1, 0.15) is 22.8 Å². The van der Waals surface area contributed by atoms with Gasteiger partial charge in [-0.05, 0) is 19.1 Å². The van der Waals surface area contributed by atoms with Crippen LogP contribution in [0, 0.1) is 10.1 Å². The van der Waals surface area contributed by atoms with Gasteiger partial charge in [0.25, 0.3) is 5.69 Å². The molecule has 0 aliphatic carbocycles. The predicted octanol–water partition coefficient (Wildman–Crippen LogP) is 2.79. The number of anilines is 1. The summed E-state index contributed by atoms with van der Waals surface area (Å²) in [5, 5.41) is 13.9. The van der Waals surface area contributed by atoms with Gasteiger partial charge in [-0.1, -0.05) is 6.07 Å². The normalized spacial score (nSPS) is 10.1. The molecule has 0 aliphatic heterocycles. The van der Waals surface area contributed by atoms with Gasteiger partial charge < -0.3 is 14.8 Å². The number of aromatic nitrogens is 1. The number of carbonyl (C=O) groups is 1. The Morgan fingerprint density at radius 1 is 1.38 bits per heavy atom. The van der Waals surface area contributed by atoms with Crippen molar-refractivity contribution in [3.8, 4) is 5.88 Å². The fraction of sp³-hybridized carbons (Fsp3) is 0.250. The number of hydrogen-bond acceptors (Lipinski definition) is 7. The zero-order chi connectivity index (χ0) is 17.5. The zero-order valence-corrected chi connectivity index (χ0v) is 13.3. The molecule has 24 heavy (non-hydrogen) atoms. The number of methoxy groups -OCH3 is 1. The number of pyridine rings is 1. The first-order valence-electron chi connectivity index (χ1n) is 7.24. The quantitative estimate of drug-likeness (QED) is 0.472. The molecule has 0 atom stereocenters. The van der Waals surface area contributed by atoms with Crippen molar-refractivity contribution in [2.24, 2.45) is 0 Å². The van der Waals surface area contributed by atoms with Gasteiger partial charge in [0.05, 0.1) is 24.2 Å². The van der Waals surface area contributed by atoms with Gasteiger partial charge in [-0.2, -0.15) is 0 Å². The number of hydrogen-bond donors (Lipinski definition) is 1. The molecule has 0 saturated carbocycles. The van der Waals surface area contributed by atoms with Crippen LogP contribution in [0.25, 0.3) is 0 Å². The third-order valence-electron chi connectivity index (χ3n) is 3.22. The van der Waals surface area contributed by atoms with Crippen LogP contribution in [0.3, 0.4) is 0 Å². The number of ether oxygens (including phenoxy) is 2. The summed E-state index contributed by atoms with van der Waals surface area (Å²) in [6.07, 6.45) is 1.63. The van der Waals surface area contributed by atoms with Gasteiger partial charge in [-0.25, -0.2) is 9.78 Å². The van der Waals surface area contributed by atoms with Crippen LogP contribution in [-0.4, -0.2) is 29.6 Å². The zero-order valence-electron chi connectivity index (χ0n) is 13.3. The number of esters is 1. The molecular formula is C16H17N3O5. The van der Waals surface area contributed by atoms with Crippen molar-refractivity contribution in [1.82, 2.24) is 4.98 Å². The van der Waals surface area contributed by atoms with Gasteiger partial charge in [0, 0.05) is 36.1 Å². The Morgan fingerprint density at radius 3 is 2.83 bits per heavy atom. The minimum atomic E-state index is -0.655. The van der Waals surface area contributed by atoms with Crippen LogP contribution >= 0.6 is 0 Å². The summed E-state index contributed by atoms with van der Waals surface area (Å²) in [5.74, 6) is -0.161. The van der Waals surface area contributed by atoms with Crippen molar-refractivity contribution in [3.05, 3.63) is 57.8 Å².